The van der Waals surface area contributed by atoms with Crippen LogP contribution < -0.4 is 20.1 Å². The van der Waals surface area contributed by atoms with Gasteiger partial charge >= 0.3 is 0 Å². The van der Waals surface area contributed by atoms with E-state index in [1.54, 1.807) is 27.6 Å². The highest BCUT2D eigenvalue weighted by Crippen LogP contribution is 2.31. The lowest BCUT2D eigenvalue weighted by molar-refractivity contribution is -0.119. The van der Waals surface area contributed by atoms with Crippen molar-refractivity contribution in [2.45, 2.75) is 38.6 Å². The molecule has 0 aliphatic carbocycles. The van der Waals surface area contributed by atoms with Crippen molar-refractivity contribution < 1.29 is 9.53 Å². The fourth-order valence-corrected chi connectivity index (χ4v) is 6.27. The van der Waals surface area contributed by atoms with Gasteiger partial charge < -0.3 is 14.5 Å². The van der Waals surface area contributed by atoms with E-state index in [2.05, 4.69) is 46.1 Å². The van der Waals surface area contributed by atoms with Crippen LogP contribution in [0.3, 0.4) is 0 Å². The molecule has 6 heterocycles. The zero-order chi connectivity index (χ0) is 29.5. The van der Waals surface area contributed by atoms with Crippen molar-refractivity contribution in [3.63, 3.8) is 0 Å². The third kappa shape index (κ3) is 5.07. The lowest BCUT2D eigenvalue weighted by Crippen LogP contribution is -2.44. The van der Waals surface area contributed by atoms with E-state index in [9.17, 15) is 9.59 Å². The van der Waals surface area contributed by atoms with Gasteiger partial charge in [-0.2, -0.15) is 0 Å². The Bertz CT molecular complexity index is 1780. The first-order chi connectivity index (χ1) is 21.0. The second-order valence-electron chi connectivity index (χ2n) is 11.5. The van der Waals surface area contributed by atoms with Gasteiger partial charge in [0.15, 0.2) is 11.5 Å². The van der Waals surface area contributed by atoms with Crippen molar-refractivity contribution >= 4 is 28.4 Å². The summed E-state index contributed by atoms with van der Waals surface area (Å²) < 4.78 is 9.23. The molecular weight excluding hydrogens is 544 g/mol. The average Bonchev–Trinajstić information content (AvgIpc) is 3.29. The number of amides is 1. The SMILES string of the molecule is COc1cc(Cc2ncc3c(=O)n4n(c3n2)-c2ccc3c(n2)N(CCC/C=C\C4)C(=O)CC3)ccc1N1CCN(C)CC1. The fourth-order valence-electron chi connectivity index (χ4n) is 6.27. The highest BCUT2D eigenvalue weighted by molar-refractivity contribution is 5.95. The smallest absolute Gasteiger partial charge is 0.278 e. The van der Waals surface area contributed by atoms with Crippen molar-refractivity contribution in [1.82, 2.24) is 29.2 Å². The van der Waals surface area contributed by atoms with E-state index in [1.165, 1.54) is 0 Å². The molecule has 1 fully saturated rings. The number of fused-ring (bicyclic) bond motifs is 5. The molecule has 11 nitrogen and oxygen atoms in total. The van der Waals surface area contributed by atoms with E-state index in [-0.39, 0.29) is 11.5 Å². The molecule has 3 aliphatic heterocycles. The number of carbonyl (C=O) groups is 1. The molecule has 0 N–H and O–H groups in total. The van der Waals surface area contributed by atoms with Crippen molar-refractivity contribution in [3.05, 3.63) is 76.0 Å². The minimum atomic E-state index is -0.172. The van der Waals surface area contributed by atoms with Gasteiger partial charge in [0, 0.05) is 51.8 Å². The molecular formula is C32H36N8O3. The lowest BCUT2D eigenvalue weighted by atomic mass is 10.0. The van der Waals surface area contributed by atoms with Crippen LogP contribution in [0.15, 0.2) is 53.5 Å². The number of methoxy groups -OCH3 is 1. The maximum Gasteiger partial charge on any atom is 0.278 e. The fraction of sp³-hybridized carbons (Fsp3) is 0.406. The number of ether oxygens (including phenoxy) is 1. The number of allylic oxidation sites excluding steroid dienone is 2. The van der Waals surface area contributed by atoms with Crippen LogP contribution in [0.5, 0.6) is 5.75 Å². The molecule has 7 rings (SSSR count). The summed E-state index contributed by atoms with van der Waals surface area (Å²) in [5, 5.41) is 0.433. The van der Waals surface area contributed by atoms with Crippen molar-refractivity contribution in [3.8, 4) is 11.6 Å². The number of aryl methyl sites for hydroxylation is 1. The zero-order valence-corrected chi connectivity index (χ0v) is 24.7. The zero-order valence-electron chi connectivity index (χ0n) is 24.7. The van der Waals surface area contributed by atoms with E-state index >= 15 is 0 Å². The minimum Gasteiger partial charge on any atom is -0.495 e. The quantitative estimate of drug-likeness (QED) is 0.340. The number of hydrogen-bond donors (Lipinski definition) is 0. The third-order valence-electron chi connectivity index (χ3n) is 8.70. The molecule has 1 amide bonds. The molecule has 2 bridgehead atoms. The van der Waals surface area contributed by atoms with E-state index in [4.69, 9.17) is 14.7 Å². The lowest BCUT2D eigenvalue weighted by Gasteiger charge is -2.34. The van der Waals surface area contributed by atoms with E-state index in [0.717, 1.165) is 61.6 Å². The monoisotopic (exact) mass is 580 g/mol. The number of anilines is 2. The Kier molecular flexibility index (Phi) is 7.18. The summed E-state index contributed by atoms with van der Waals surface area (Å²) in [6, 6.07) is 10.2. The second-order valence-corrected chi connectivity index (χ2v) is 11.5. The van der Waals surface area contributed by atoms with E-state index < -0.39 is 0 Å². The Morgan fingerprint density at radius 3 is 2.65 bits per heavy atom. The van der Waals surface area contributed by atoms with Gasteiger partial charge in [0.2, 0.25) is 5.91 Å². The highest BCUT2D eigenvalue weighted by atomic mass is 16.5. The highest BCUT2D eigenvalue weighted by Gasteiger charge is 2.27. The van der Waals surface area contributed by atoms with Gasteiger partial charge in [-0.15, -0.1) is 0 Å². The molecule has 3 aliphatic rings. The molecule has 0 spiro atoms. The van der Waals surface area contributed by atoms with E-state index in [0.29, 0.717) is 60.8 Å². The summed E-state index contributed by atoms with van der Waals surface area (Å²) in [6.07, 6.45) is 8.97. The Hall–Kier alpha value is -4.51. The Morgan fingerprint density at radius 2 is 1.81 bits per heavy atom. The molecule has 222 valence electrons. The maximum atomic E-state index is 13.6. The summed E-state index contributed by atoms with van der Waals surface area (Å²) in [6.45, 7) is 4.95. The number of carbonyl (C=O) groups excluding carboxylic acids is 1. The number of likely N-dealkylation sites (N-methyl/N-ethyl adjacent to an activating group) is 1. The molecule has 0 saturated carbocycles. The number of pyridine rings is 1. The van der Waals surface area contributed by atoms with Crippen LogP contribution in [-0.4, -0.2) is 82.0 Å². The van der Waals surface area contributed by atoms with Crippen LogP contribution in [0.25, 0.3) is 16.9 Å². The van der Waals surface area contributed by atoms with Crippen LogP contribution in [0.4, 0.5) is 11.5 Å². The minimum absolute atomic E-state index is 0.0895. The summed E-state index contributed by atoms with van der Waals surface area (Å²) in [5.74, 6) is 2.76. The normalized spacial score (nSPS) is 18.2. The van der Waals surface area contributed by atoms with Crippen molar-refractivity contribution in [2.75, 3.05) is 56.7 Å². The first-order valence-corrected chi connectivity index (χ1v) is 15.0. The third-order valence-corrected chi connectivity index (χ3v) is 8.70. The standard InChI is InChI=1S/C32H36N8O3/c1-36-15-17-37(18-16-36)25-10-7-22(19-26(25)43-2)20-27-33-21-24-31(34-27)40-28-11-8-23-9-12-29(41)38(30(23)35-28)13-5-3-4-6-14-39(40)32(24)42/h4,6-8,10-11,19,21H,3,5,9,12-18,20H2,1-2H3/b6-4-. The molecule has 0 radical (unpaired) electrons. The molecule has 1 aromatic carbocycles. The summed E-state index contributed by atoms with van der Waals surface area (Å²) >= 11 is 0. The van der Waals surface area contributed by atoms with Crippen LogP contribution >= 0.6 is 0 Å². The molecule has 0 atom stereocenters. The molecule has 3 aromatic heterocycles. The Labute approximate surface area is 250 Å². The van der Waals surface area contributed by atoms with Crippen LogP contribution in [0, 0.1) is 0 Å². The predicted molar refractivity (Wildman–Crippen MR) is 165 cm³/mol. The van der Waals surface area contributed by atoms with Crippen molar-refractivity contribution in [1.29, 1.82) is 0 Å². The summed E-state index contributed by atoms with van der Waals surface area (Å²) in [5.41, 5.74) is 3.49. The first-order valence-electron chi connectivity index (χ1n) is 15.0. The largest absolute Gasteiger partial charge is 0.495 e. The number of rotatable bonds is 4. The number of hydrogen-bond acceptors (Lipinski definition) is 8. The van der Waals surface area contributed by atoms with Crippen molar-refractivity contribution in [2.24, 2.45) is 0 Å². The average molecular weight is 581 g/mol. The number of aromatic nitrogens is 5. The predicted octanol–water partition coefficient (Wildman–Crippen LogP) is 2.96. The Balaban J connectivity index is 1.28. The number of piperazine rings is 1. The molecule has 0 unspecified atom stereocenters. The van der Waals surface area contributed by atoms with Gasteiger partial charge in [0.1, 0.15) is 22.8 Å². The van der Waals surface area contributed by atoms with Gasteiger partial charge in [-0.05, 0) is 55.6 Å². The van der Waals surface area contributed by atoms with Gasteiger partial charge in [-0.3, -0.25) is 14.5 Å². The van der Waals surface area contributed by atoms with Crippen LogP contribution in [0.2, 0.25) is 0 Å². The van der Waals surface area contributed by atoms with Crippen LogP contribution in [-0.2, 0) is 24.2 Å². The molecule has 1 saturated heterocycles. The molecule has 11 heteroatoms. The molecule has 4 aromatic rings. The van der Waals surface area contributed by atoms with Gasteiger partial charge in [0.05, 0.1) is 19.3 Å². The van der Waals surface area contributed by atoms with Gasteiger partial charge in [0.25, 0.3) is 5.56 Å². The first kappa shape index (κ1) is 27.3. The second kappa shape index (κ2) is 11.3. The topological polar surface area (TPSA) is 102 Å². The Morgan fingerprint density at radius 1 is 0.953 bits per heavy atom. The summed E-state index contributed by atoms with van der Waals surface area (Å²) in [7, 11) is 3.85. The molecule has 43 heavy (non-hydrogen) atoms. The van der Waals surface area contributed by atoms with E-state index in [1.807, 2.05) is 18.2 Å². The maximum absolute atomic E-state index is 13.6. The number of benzene rings is 1. The van der Waals surface area contributed by atoms with Crippen LogP contribution in [0.1, 0.15) is 36.2 Å². The van der Waals surface area contributed by atoms with Gasteiger partial charge in [-0.1, -0.05) is 24.3 Å². The number of nitrogens with zero attached hydrogens (tertiary/aromatic N) is 8. The summed E-state index contributed by atoms with van der Waals surface area (Å²) in [4.78, 5) is 47.4. The van der Waals surface area contributed by atoms with Gasteiger partial charge in [-0.25, -0.2) is 24.3 Å².